The second-order valence-electron chi connectivity index (χ2n) is 9.99. The maximum atomic E-state index is 11.9. The monoisotopic (exact) mass is 642 g/mol. The van der Waals surface area contributed by atoms with E-state index < -0.39 is 35.8 Å². The summed E-state index contributed by atoms with van der Waals surface area (Å²) in [7, 11) is 0. The van der Waals surface area contributed by atoms with Crippen LogP contribution in [0.5, 0.6) is 0 Å². The molecule has 0 fully saturated rings. The molecule has 10 nitrogen and oxygen atoms in total. The average molecular weight is 643 g/mol. The number of hydrogen-bond donors (Lipinski definition) is 6. The summed E-state index contributed by atoms with van der Waals surface area (Å²) < 4.78 is 0. The molecule has 0 saturated heterocycles. The molecule has 0 radical (unpaired) electrons. The lowest BCUT2D eigenvalue weighted by Gasteiger charge is -2.16. The summed E-state index contributed by atoms with van der Waals surface area (Å²) in [6, 6.07) is 26.1. The number of nitrogens with two attached hydrogens (primary N) is 2. The number of amides is 5. The van der Waals surface area contributed by atoms with Crippen LogP contribution in [-0.4, -0.2) is 42.4 Å². The molecule has 252 valence electrons. The molecule has 10 heteroatoms. The Morgan fingerprint density at radius 2 is 1.28 bits per heavy atom. The lowest BCUT2D eigenvalue weighted by molar-refractivity contribution is -0.125. The van der Waals surface area contributed by atoms with Gasteiger partial charge in [-0.3, -0.25) is 19.8 Å². The molecule has 2 atom stereocenters. The first-order valence-electron chi connectivity index (χ1n) is 15.1. The zero-order chi connectivity index (χ0) is 35.5. The van der Waals surface area contributed by atoms with Crippen molar-refractivity contribution >= 4 is 23.8 Å². The molecule has 3 aromatic carbocycles. The van der Waals surface area contributed by atoms with E-state index in [1.807, 2.05) is 62.4 Å². The summed E-state index contributed by atoms with van der Waals surface area (Å²) >= 11 is 0. The highest BCUT2D eigenvalue weighted by atomic mass is 16.2. The van der Waals surface area contributed by atoms with E-state index in [1.54, 1.807) is 12.2 Å². The molecule has 0 aromatic heterocycles. The van der Waals surface area contributed by atoms with Crippen molar-refractivity contribution in [2.45, 2.75) is 52.6 Å². The predicted octanol–water partition coefficient (Wildman–Crippen LogP) is 4.87. The number of carbonyl (C=O) groups excluding carboxylic acids is 4. The van der Waals surface area contributed by atoms with Crippen LogP contribution in [0.3, 0.4) is 0 Å². The van der Waals surface area contributed by atoms with Gasteiger partial charge >= 0.3 is 6.03 Å². The van der Waals surface area contributed by atoms with Gasteiger partial charge in [0.05, 0.1) is 12.6 Å². The molecule has 0 heterocycles. The second-order valence-corrected chi connectivity index (χ2v) is 9.99. The van der Waals surface area contributed by atoms with Crippen LogP contribution in [0.1, 0.15) is 38.3 Å². The van der Waals surface area contributed by atoms with Crippen LogP contribution >= 0.6 is 0 Å². The number of carbonyl (C=O) groups is 4. The Labute approximate surface area is 279 Å². The number of allylic oxidation sites excluding steroid dienone is 4. The normalized spacial score (nSPS) is 10.8. The van der Waals surface area contributed by atoms with E-state index in [2.05, 4.69) is 90.1 Å². The van der Waals surface area contributed by atoms with Crippen LogP contribution in [0.25, 0.3) is 11.1 Å². The predicted molar refractivity (Wildman–Crippen MR) is 192 cm³/mol. The third kappa shape index (κ3) is 21.0. The Kier molecular flexibility index (Phi) is 22.8. The zero-order valence-corrected chi connectivity index (χ0v) is 27.9. The van der Waals surface area contributed by atoms with Gasteiger partial charge in [0, 0.05) is 0 Å². The first-order valence-corrected chi connectivity index (χ1v) is 15.1. The van der Waals surface area contributed by atoms with Crippen LogP contribution in [0.4, 0.5) is 4.79 Å². The molecule has 0 saturated carbocycles. The van der Waals surface area contributed by atoms with Gasteiger partial charge in [0.1, 0.15) is 6.04 Å². The first kappa shape index (κ1) is 41.5. The number of benzene rings is 3. The fourth-order valence-corrected chi connectivity index (χ4v) is 3.31. The summed E-state index contributed by atoms with van der Waals surface area (Å²) in [6.07, 6.45) is 8.31. The van der Waals surface area contributed by atoms with Crippen molar-refractivity contribution in [3.05, 3.63) is 134 Å². The second kappa shape index (κ2) is 25.8. The zero-order valence-electron chi connectivity index (χ0n) is 27.9. The van der Waals surface area contributed by atoms with Crippen molar-refractivity contribution in [2.75, 3.05) is 6.54 Å². The fourth-order valence-electron chi connectivity index (χ4n) is 3.31. The number of hydrazine groups is 1. The Hall–Kier alpha value is -5.48. The number of nitrogens with one attached hydrogen (secondary N) is 4. The van der Waals surface area contributed by atoms with Gasteiger partial charge in [-0.25, -0.2) is 10.2 Å². The number of hydrogen-bond acceptors (Lipinski definition) is 5. The van der Waals surface area contributed by atoms with E-state index in [1.165, 1.54) is 23.6 Å². The SMILES string of the molecule is C/C=C\C.C=CC=C.CC(NC(=O)NNC(=O)C(N)CCc1ccccc1)C(=O)NCC(N)=O.Cc1ccc(-c2ccccc2)cc1. The Morgan fingerprint density at radius 1 is 0.766 bits per heavy atom. The van der Waals surface area contributed by atoms with E-state index >= 15 is 0 Å². The molecule has 5 amide bonds. The van der Waals surface area contributed by atoms with Crippen LogP contribution in [0.2, 0.25) is 0 Å². The number of primary amides is 1. The first-order chi connectivity index (χ1) is 22.5. The average Bonchev–Trinajstić information content (AvgIpc) is 3.10. The van der Waals surface area contributed by atoms with Crippen molar-refractivity contribution < 1.29 is 19.2 Å². The molecule has 8 N–H and O–H groups in total. The van der Waals surface area contributed by atoms with Crippen molar-refractivity contribution in [2.24, 2.45) is 11.5 Å². The van der Waals surface area contributed by atoms with Gasteiger partial charge in [0.25, 0.3) is 5.91 Å². The summed E-state index contributed by atoms with van der Waals surface area (Å²) in [5, 5.41) is 4.53. The van der Waals surface area contributed by atoms with Crippen molar-refractivity contribution in [1.82, 2.24) is 21.5 Å². The fraction of sp³-hybridized carbons (Fsp3) is 0.243. The van der Waals surface area contributed by atoms with Crippen LogP contribution in [-0.2, 0) is 20.8 Å². The third-order valence-corrected chi connectivity index (χ3v) is 6.06. The summed E-state index contributed by atoms with van der Waals surface area (Å²) in [5.41, 5.74) is 19.9. The van der Waals surface area contributed by atoms with Gasteiger partial charge in [-0.05, 0) is 57.2 Å². The summed E-state index contributed by atoms with van der Waals surface area (Å²) in [4.78, 5) is 45.7. The standard InChI is InChI=1S/C16H24N6O4.C13H12.C4H8.C4H6/c1-10(14(24)19-9-13(18)23)20-16(26)22-21-15(25)12(17)8-7-11-5-3-2-4-6-11;1-11-7-9-13(10-8-11)12-5-3-2-4-6-12;2*1-3-4-2/h2-6,10,12H,7-9,17H2,1H3,(H2,18,23)(H,19,24)(H,21,25)(H2,20,22,26);2-10H,1H3;3-4H,1-2H3;3-4H,1-2H2/b;;4-3-;. The largest absolute Gasteiger partial charge is 0.368 e. The van der Waals surface area contributed by atoms with Crippen molar-refractivity contribution in [3.8, 4) is 11.1 Å². The summed E-state index contributed by atoms with van der Waals surface area (Å²) in [5.74, 6) is -1.85. The van der Waals surface area contributed by atoms with Gasteiger partial charge in [-0.2, -0.15) is 0 Å². The molecule has 3 rings (SSSR count). The number of urea groups is 1. The van der Waals surface area contributed by atoms with Gasteiger partial charge in [-0.1, -0.05) is 128 Å². The number of aryl methyl sites for hydroxylation is 2. The minimum absolute atomic E-state index is 0.334. The topological polar surface area (TPSA) is 168 Å². The minimum Gasteiger partial charge on any atom is -0.368 e. The molecule has 0 bridgehead atoms. The summed E-state index contributed by atoms with van der Waals surface area (Å²) in [6.45, 7) is 13.9. The molecule has 0 aliphatic rings. The van der Waals surface area contributed by atoms with Crippen LogP contribution in [0.15, 0.2) is 122 Å². The van der Waals surface area contributed by atoms with E-state index in [0.29, 0.717) is 12.8 Å². The van der Waals surface area contributed by atoms with Crippen LogP contribution < -0.4 is 33.0 Å². The molecule has 0 aliphatic carbocycles. The lowest BCUT2D eigenvalue weighted by Crippen LogP contribution is -2.55. The Balaban J connectivity index is 0.000000823. The lowest BCUT2D eigenvalue weighted by atomic mass is 10.0. The van der Waals surface area contributed by atoms with Gasteiger partial charge in [0.2, 0.25) is 11.8 Å². The van der Waals surface area contributed by atoms with Crippen LogP contribution in [0, 0.1) is 6.92 Å². The minimum atomic E-state index is -0.932. The van der Waals surface area contributed by atoms with Gasteiger partial charge < -0.3 is 22.1 Å². The molecular weight excluding hydrogens is 592 g/mol. The third-order valence-electron chi connectivity index (χ3n) is 6.06. The highest BCUT2D eigenvalue weighted by Crippen LogP contribution is 2.18. The van der Waals surface area contributed by atoms with Crippen molar-refractivity contribution in [3.63, 3.8) is 0 Å². The maximum Gasteiger partial charge on any atom is 0.334 e. The molecular formula is C37H50N6O4. The van der Waals surface area contributed by atoms with Gasteiger partial charge in [-0.15, -0.1) is 0 Å². The van der Waals surface area contributed by atoms with Gasteiger partial charge in [0.15, 0.2) is 0 Å². The Bertz CT molecular complexity index is 1370. The van der Waals surface area contributed by atoms with E-state index in [9.17, 15) is 19.2 Å². The molecule has 3 aromatic rings. The van der Waals surface area contributed by atoms with E-state index in [-0.39, 0.29) is 6.54 Å². The maximum absolute atomic E-state index is 11.9. The Morgan fingerprint density at radius 3 is 1.77 bits per heavy atom. The smallest absolute Gasteiger partial charge is 0.334 e. The molecule has 0 spiro atoms. The van der Waals surface area contributed by atoms with E-state index in [4.69, 9.17) is 11.5 Å². The van der Waals surface area contributed by atoms with Crippen molar-refractivity contribution in [1.29, 1.82) is 0 Å². The quantitative estimate of drug-likeness (QED) is 0.105. The highest BCUT2D eigenvalue weighted by molar-refractivity contribution is 5.90. The molecule has 0 aliphatic heterocycles. The van der Waals surface area contributed by atoms with E-state index in [0.717, 1.165) is 5.56 Å². The number of rotatable bonds is 10. The highest BCUT2D eigenvalue weighted by Gasteiger charge is 2.17. The molecule has 47 heavy (non-hydrogen) atoms. The molecule has 2 unspecified atom stereocenters.